The molecule has 1 fully saturated rings. The van der Waals surface area contributed by atoms with E-state index in [9.17, 15) is 5.11 Å². The summed E-state index contributed by atoms with van der Waals surface area (Å²) < 4.78 is 5.15. The van der Waals surface area contributed by atoms with Crippen LogP contribution in [0.1, 0.15) is 19.8 Å². The molecule has 0 spiro atoms. The zero-order valence-electron chi connectivity index (χ0n) is 10.8. The molecule has 1 aliphatic carbocycles. The molecule has 0 amide bonds. The van der Waals surface area contributed by atoms with E-state index in [2.05, 4.69) is 17.1 Å². The normalized spacial score (nSPS) is 20.1. The summed E-state index contributed by atoms with van der Waals surface area (Å²) in [6, 6.07) is 0.774. The van der Waals surface area contributed by atoms with E-state index in [1.54, 1.807) is 7.11 Å². The third-order valence-corrected chi connectivity index (χ3v) is 3.55. The number of hydrogen-bond acceptors (Lipinski definition) is 4. The summed E-state index contributed by atoms with van der Waals surface area (Å²) >= 11 is 0. The number of nitrogens with zero attached hydrogens (tertiary/aromatic N) is 1. The Morgan fingerprint density at radius 3 is 2.62 bits per heavy atom. The van der Waals surface area contributed by atoms with E-state index in [1.807, 2.05) is 7.05 Å². The lowest BCUT2D eigenvalue weighted by molar-refractivity contribution is 0.0984. The summed E-state index contributed by atoms with van der Waals surface area (Å²) in [7, 11) is 3.64. The molecule has 0 bridgehead atoms. The van der Waals surface area contributed by atoms with E-state index < -0.39 is 0 Å². The zero-order chi connectivity index (χ0) is 12.0. The number of aliphatic hydroxyl groups is 1. The highest BCUT2D eigenvalue weighted by atomic mass is 16.5. The van der Waals surface area contributed by atoms with Crippen molar-refractivity contribution < 1.29 is 9.84 Å². The van der Waals surface area contributed by atoms with Crippen molar-refractivity contribution in [1.82, 2.24) is 10.2 Å². The molecule has 4 nitrogen and oxygen atoms in total. The molecule has 2 unspecified atom stereocenters. The van der Waals surface area contributed by atoms with Crippen LogP contribution in [0.4, 0.5) is 0 Å². The minimum atomic E-state index is 0.165. The molecule has 4 heteroatoms. The van der Waals surface area contributed by atoms with Crippen LogP contribution in [0.25, 0.3) is 0 Å². The van der Waals surface area contributed by atoms with Crippen molar-refractivity contribution in [3.8, 4) is 0 Å². The van der Waals surface area contributed by atoms with E-state index in [4.69, 9.17) is 4.74 Å². The molecule has 0 saturated heterocycles. The maximum absolute atomic E-state index is 9.22. The van der Waals surface area contributed by atoms with Crippen molar-refractivity contribution in [2.75, 3.05) is 40.5 Å². The lowest BCUT2D eigenvalue weighted by Crippen LogP contribution is -2.47. The second kappa shape index (κ2) is 7.22. The van der Waals surface area contributed by atoms with E-state index >= 15 is 0 Å². The fourth-order valence-corrected chi connectivity index (χ4v) is 2.07. The van der Waals surface area contributed by atoms with E-state index in [-0.39, 0.29) is 12.6 Å². The minimum Gasteiger partial charge on any atom is -0.395 e. The van der Waals surface area contributed by atoms with Gasteiger partial charge in [0.05, 0.1) is 13.2 Å². The standard InChI is InChI=1S/C12H26N2O2/c1-10(11-4-5-11)14(6-7-16-3)8-12(9-15)13-2/h10-13,15H,4-9H2,1-3H3. The molecule has 0 heterocycles. The SMILES string of the molecule is CNC(CO)CN(CCOC)C(C)C1CC1. The van der Waals surface area contributed by atoms with Gasteiger partial charge >= 0.3 is 0 Å². The van der Waals surface area contributed by atoms with Crippen LogP contribution in [0.15, 0.2) is 0 Å². The second-order valence-electron chi connectivity index (χ2n) is 4.73. The van der Waals surface area contributed by atoms with Gasteiger partial charge in [0.15, 0.2) is 0 Å². The molecule has 0 aliphatic heterocycles. The quantitative estimate of drug-likeness (QED) is 0.598. The van der Waals surface area contributed by atoms with Crippen molar-refractivity contribution in [2.45, 2.75) is 31.8 Å². The van der Waals surface area contributed by atoms with E-state index in [1.165, 1.54) is 12.8 Å². The van der Waals surface area contributed by atoms with Crippen LogP contribution in [0, 0.1) is 5.92 Å². The summed E-state index contributed by atoms with van der Waals surface area (Å²) in [6.07, 6.45) is 2.71. The Bertz CT molecular complexity index is 182. The van der Waals surface area contributed by atoms with Gasteiger partial charge < -0.3 is 15.2 Å². The van der Waals surface area contributed by atoms with Crippen LogP contribution in [-0.2, 0) is 4.74 Å². The number of hydrogen-bond donors (Lipinski definition) is 2. The highest BCUT2D eigenvalue weighted by Gasteiger charge is 2.32. The van der Waals surface area contributed by atoms with Gasteiger partial charge in [-0.1, -0.05) is 0 Å². The van der Waals surface area contributed by atoms with Crippen LogP contribution in [0.5, 0.6) is 0 Å². The molecular formula is C12H26N2O2. The Balaban J connectivity index is 2.41. The van der Waals surface area contributed by atoms with Crippen LogP contribution < -0.4 is 5.32 Å². The molecule has 0 aromatic rings. The average molecular weight is 230 g/mol. The molecule has 1 rings (SSSR count). The highest BCUT2D eigenvalue weighted by Crippen LogP contribution is 2.35. The lowest BCUT2D eigenvalue weighted by Gasteiger charge is -2.31. The maximum Gasteiger partial charge on any atom is 0.0597 e. The van der Waals surface area contributed by atoms with Gasteiger partial charge in [0, 0.05) is 32.3 Å². The van der Waals surface area contributed by atoms with Crippen molar-refractivity contribution >= 4 is 0 Å². The first kappa shape index (κ1) is 13.9. The summed E-state index contributed by atoms with van der Waals surface area (Å²) in [5.41, 5.74) is 0. The monoisotopic (exact) mass is 230 g/mol. The topological polar surface area (TPSA) is 44.7 Å². The number of aliphatic hydroxyl groups excluding tert-OH is 1. The Morgan fingerprint density at radius 1 is 1.50 bits per heavy atom. The van der Waals surface area contributed by atoms with Gasteiger partial charge in [-0.2, -0.15) is 0 Å². The minimum absolute atomic E-state index is 0.165. The second-order valence-corrected chi connectivity index (χ2v) is 4.73. The van der Waals surface area contributed by atoms with Crippen LogP contribution in [0.3, 0.4) is 0 Å². The number of likely N-dealkylation sites (N-methyl/N-ethyl adjacent to an activating group) is 1. The average Bonchev–Trinajstić information content (AvgIpc) is 3.13. The highest BCUT2D eigenvalue weighted by molar-refractivity contribution is 4.86. The van der Waals surface area contributed by atoms with Gasteiger partial charge in [0.1, 0.15) is 0 Å². The maximum atomic E-state index is 9.22. The molecule has 96 valence electrons. The number of methoxy groups -OCH3 is 1. The molecule has 1 aliphatic rings. The first-order valence-electron chi connectivity index (χ1n) is 6.24. The smallest absolute Gasteiger partial charge is 0.0597 e. The van der Waals surface area contributed by atoms with Gasteiger partial charge in [-0.25, -0.2) is 0 Å². The third kappa shape index (κ3) is 4.37. The Labute approximate surface area is 99.0 Å². The number of ether oxygens (including phenoxy) is 1. The largest absolute Gasteiger partial charge is 0.395 e. The lowest BCUT2D eigenvalue weighted by atomic mass is 10.1. The molecule has 2 atom stereocenters. The fourth-order valence-electron chi connectivity index (χ4n) is 2.07. The molecule has 16 heavy (non-hydrogen) atoms. The van der Waals surface area contributed by atoms with E-state index in [0.29, 0.717) is 6.04 Å². The van der Waals surface area contributed by atoms with Gasteiger partial charge in [-0.05, 0) is 32.7 Å². The van der Waals surface area contributed by atoms with Crippen molar-refractivity contribution in [1.29, 1.82) is 0 Å². The summed E-state index contributed by atoms with van der Waals surface area (Å²) in [5.74, 6) is 0.855. The predicted molar refractivity (Wildman–Crippen MR) is 65.6 cm³/mol. The van der Waals surface area contributed by atoms with Crippen molar-refractivity contribution in [3.05, 3.63) is 0 Å². The van der Waals surface area contributed by atoms with Gasteiger partial charge in [-0.15, -0.1) is 0 Å². The zero-order valence-corrected chi connectivity index (χ0v) is 10.8. The van der Waals surface area contributed by atoms with Crippen LogP contribution >= 0.6 is 0 Å². The summed E-state index contributed by atoms with van der Waals surface area (Å²) in [4.78, 5) is 2.43. The fraction of sp³-hybridized carbons (Fsp3) is 1.00. The van der Waals surface area contributed by atoms with Crippen LogP contribution in [0.2, 0.25) is 0 Å². The Morgan fingerprint density at radius 2 is 2.19 bits per heavy atom. The molecule has 2 N–H and O–H groups in total. The first-order chi connectivity index (χ1) is 7.72. The van der Waals surface area contributed by atoms with Crippen molar-refractivity contribution in [2.24, 2.45) is 5.92 Å². The molecular weight excluding hydrogens is 204 g/mol. The van der Waals surface area contributed by atoms with Gasteiger partial charge in [0.2, 0.25) is 0 Å². The Hall–Kier alpha value is -0.160. The van der Waals surface area contributed by atoms with Gasteiger partial charge in [-0.3, -0.25) is 4.90 Å². The van der Waals surface area contributed by atoms with Gasteiger partial charge in [0.25, 0.3) is 0 Å². The molecule has 0 aromatic carbocycles. The van der Waals surface area contributed by atoms with Crippen LogP contribution in [-0.4, -0.2) is 62.6 Å². The predicted octanol–water partition coefficient (Wildman–Crippen LogP) is 0.314. The molecule has 0 aromatic heterocycles. The molecule has 1 saturated carbocycles. The Kier molecular flexibility index (Phi) is 6.28. The summed E-state index contributed by atoms with van der Waals surface area (Å²) in [5, 5.41) is 12.4. The molecule has 0 radical (unpaired) electrons. The van der Waals surface area contributed by atoms with E-state index in [0.717, 1.165) is 25.6 Å². The summed E-state index contributed by atoms with van der Waals surface area (Å²) in [6.45, 7) is 5.09. The number of rotatable bonds is 9. The number of nitrogens with one attached hydrogen (secondary N) is 1. The first-order valence-corrected chi connectivity index (χ1v) is 6.24. The third-order valence-electron chi connectivity index (χ3n) is 3.55. The van der Waals surface area contributed by atoms with Crippen molar-refractivity contribution in [3.63, 3.8) is 0 Å².